The number of amides is 2. The molecule has 0 saturated heterocycles. The number of halogens is 2. The maximum Gasteiger partial charge on any atom is 0.346 e. The average molecular weight is 251 g/mol. The standard InChI is InChI=1S/C12H11F2N3O/c1-2-6-17-10(11(15)16-12(17)18)7-4-3-5-8(13)9(7)14/h2-5,10H,1,6H2,(H2,15,16,18). The van der Waals surface area contributed by atoms with E-state index in [4.69, 9.17) is 5.73 Å². The molecule has 6 heteroatoms. The second-order valence-corrected chi connectivity index (χ2v) is 3.81. The topological polar surface area (TPSA) is 58.7 Å². The number of nitrogens with zero attached hydrogens (tertiary/aromatic N) is 2. The number of benzene rings is 1. The summed E-state index contributed by atoms with van der Waals surface area (Å²) >= 11 is 0. The van der Waals surface area contributed by atoms with Gasteiger partial charge in [-0.2, -0.15) is 4.99 Å². The van der Waals surface area contributed by atoms with E-state index in [0.717, 1.165) is 6.07 Å². The van der Waals surface area contributed by atoms with Crippen LogP contribution in [0, 0.1) is 11.6 Å². The van der Waals surface area contributed by atoms with E-state index in [-0.39, 0.29) is 17.9 Å². The first-order chi connectivity index (χ1) is 8.56. The minimum absolute atomic E-state index is 0.0102. The van der Waals surface area contributed by atoms with Crippen molar-refractivity contribution in [2.45, 2.75) is 6.04 Å². The molecule has 0 radical (unpaired) electrons. The molecule has 2 N–H and O–H groups in total. The Bertz CT molecular complexity index is 542. The van der Waals surface area contributed by atoms with Crippen molar-refractivity contribution in [3.63, 3.8) is 0 Å². The van der Waals surface area contributed by atoms with Gasteiger partial charge in [0.2, 0.25) is 0 Å². The number of urea groups is 1. The number of rotatable bonds is 3. The molecule has 1 atom stereocenters. The van der Waals surface area contributed by atoms with Crippen LogP contribution >= 0.6 is 0 Å². The van der Waals surface area contributed by atoms with E-state index in [0.29, 0.717) is 0 Å². The Kier molecular flexibility index (Phi) is 3.10. The number of hydrogen-bond acceptors (Lipinski definition) is 2. The summed E-state index contributed by atoms with van der Waals surface area (Å²) in [6.07, 6.45) is 1.47. The molecule has 0 fully saturated rings. The largest absolute Gasteiger partial charge is 0.385 e. The predicted octanol–water partition coefficient (Wildman–Crippen LogP) is 1.98. The molecule has 0 bridgehead atoms. The van der Waals surface area contributed by atoms with E-state index in [1.54, 1.807) is 0 Å². The van der Waals surface area contributed by atoms with Gasteiger partial charge in [0, 0.05) is 12.1 Å². The summed E-state index contributed by atoms with van der Waals surface area (Å²) in [5.41, 5.74) is 5.59. The van der Waals surface area contributed by atoms with Gasteiger partial charge >= 0.3 is 6.03 Å². The third-order valence-electron chi connectivity index (χ3n) is 2.66. The van der Waals surface area contributed by atoms with Crippen LogP contribution in [-0.2, 0) is 0 Å². The summed E-state index contributed by atoms with van der Waals surface area (Å²) in [5, 5.41) is 0. The normalized spacial score (nSPS) is 19.0. The zero-order chi connectivity index (χ0) is 13.3. The van der Waals surface area contributed by atoms with Crippen molar-refractivity contribution < 1.29 is 13.6 Å². The maximum atomic E-state index is 13.7. The van der Waals surface area contributed by atoms with Gasteiger partial charge in [0.1, 0.15) is 11.9 Å². The van der Waals surface area contributed by atoms with Gasteiger partial charge in [-0.3, -0.25) is 0 Å². The molecule has 0 spiro atoms. The lowest BCUT2D eigenvalue weighted by Gasteiger charge is -2.23. The summed E-state index contributed by atoms with van der Waals surface area (Å²) in [6, 6.07) is 2.27. The van der Waals surface area contributed by atoms with Crippen LogP contribution in [0.5, 0.6) is 0 Å². The molecule has 1 aromatic carbocycles. The van der Waals surface area contributed by atoms with Gasteiger partial charge in [0.05, 0.1) is 0 Å². The number of carbonyl (C=O) groups is 1. The summed E-state index contributed by atoms with van der Waals surface area (Å²) in [6.45, 7) is 3.65. The minimum atomic E-state index is -1.02. The molecule has 4 nitrogen and oxygen atoms in total. The summed E-state index contributed by atoms with van der Waals surface area (Å²) in [4.78, 5) is 16.3. The van der Waals surface area contributed by atoms with E-state index < -0.39 is 23.7 Å². The molecule has 2 rings (SSSR count). The molecule has 1 heterocycles. The molecule has 0 saturated carbocycles. The first-order valence-corrected chi connectivity index (χ1v) is 5.25. The van der Waals surface area contributed by atoms with Crippen molar-refractivity contribution in [1.82, 2.24) is 4.90 Å². The van der Waals surface area contributed by atoms with Crippen LogP contribution in [0.1, 0.15) is 11.6 Å². The Balaban J connectivity index is 2.47. The quantitative estimate of drug-likeness (QED) is 0.835. The van der Waals surface area contributed by atoms with Gasteiger partial charge in [-0.05, 0) is 6.07 Å². The highest BCUT2D eigenvalue weighted by atomic mass is 19.2. The van der Waals surface area contributed by atoms with Gasteiger partial charge in [-0.1, -0.05) is 18.2 Å². The van der Waals surface area contributed by atoms with E-state index in [1.165, 1.54) is 23.1 Å². The highest BCUT2D eigenvalue weighted by Crippen LogP contribution is 2.29. The number of aliphatic imine (C=N–C) groups is 1. The Morgan fingerprint density at radius 3 is 2.89 bits per heavy atom. The van der Waals surface area contributed by atoms with Crippen LogP contribution in [0.4, 0.5) is 13.6 Å². The van der Waals surface area contributed by atoms with Crippen molar-refractivity contribution in [3.05, 3.63) is 48.1 Å². The van der Waals surface area contributed by atoms with Crippen molar-refractivity contribution in [2.75, 3.05) is 6.54 Å². The number of nitrogens with two attached hydrogens (primary N) is 1. The fourth-order valence-corrected chi connectivity index (χ4v) is 1.89. The number of carbonyl (C=O) groups excluding carboxylic acids is 1. The van der Waals surface area contributed by atoms with Crippen LogP contribution in [0.25, 0.3) is 0 Å². The Morgan fingerprint density at radius 1 is 1.50 bits per heavy atom. The van der Waals surface area contributed by atoms with E-state index >= 15 is 0 Å². The summed E-state index contributed by atoms with van der Waals surface area (Å²) in [7, 11) is 0. The molecule has 1 aliphatic rings. The number of amidine groups is 1. The molecule has 0 aliphatic carbocycles. The van der Waals surface area contributed by atoms with E-state index in [9.17, 15) is 13.6 Å². The molecule has 94 valence electrons. The first-order valence-electron chi connectivity index (χ1n) is 5.25. The molecule has 0 aromatic heterocycles. The molecule has 1 unspecified atom stereocenters. The van der Waals surface area contributed by atoms with Gasteiger partial charge in [0.15, 0.2) is 11.6 Å². The number of hydrogen-bond donors (Lipinski definition) is 1. The fraction of sp³-hybridized carbons (Fsp3) is 0.167. The van der Waals surface area contributed by atoms with Crippen LogP contribution in [0.3, 0.4) is 0 Å². The highest BCUT2D eigenvalue weighted by Gasteiger charge is 2.35. The smallest absolute Gasteiger partial charge is 0.346 e. The van der Waals surface area contributed by atoms with Gasteiger partial charge in [0.25, 0.3) is 0 Å². The van der Waals surface area contributed by atoms with Crippen molar-refractivity contribution in [3.8, 4) is 0 Å². The van der Waals surface area contributed by atoms with E-state index in [1.807, 2.05) is 0 Å². The molecule has 1 aliphatic heterocycles. The Morgan fingerprint density at radius 2 is 2.22 bits per heavy atom. The predicted molar refractivity (Wildman–Crippen MR) is 63.0 cm³/mol. The zero-order valence-corrected chi connectivity index (χ0v) is 9.44. The lowest BCUT2D eigenvalue weighted by molar-refractivity contribution is 0.212. The third-order valence-corrected chi connectivity index (χ3v) is 2.66. The van der Waals surface area contributed by atoms with Gasteiger partial charge < -0.3 is 10.6 Å². The van der Waals surface area contributed by atoms with Crippen molar-refractivity contribution >= 4 is 11.9 Å². The van der Waals surface area contributed by atoms with Crippen molar-refractivity contribution in [2.24, 2.45) is 10.7 Å². The van der Waals surface area contributed by atoms with Gasteiger partial charge in [-0.15, -0.1) is 6.58 Å². The molecular weight excluding hydrogens is 240 g/mol. The SMILES string of the molecule is C=CCN1C(=O)N=C(N)C1c1cccc(F)c1F. The summed E-state index contributed by atoms with van der Waals surface area (Å²) < 4.78 is 26.9. The lowest BCUT2D eigenvalue weighted by atomic mass is 10.0. The highest BCUT2D eigenvalue weighted by molar-refractivity contribution is 6.03. The van der Waals surface area contributed by atoms with Crippen LogP contribution in [-0.4, -0.2) is 23.3 Å². The van der Waals surface area contributed by atoms with Crippen LogP contribution in [0.2, 0.25) is 0 Å². The van der Waals surface area contributed by atoms with Crippen molar-refractivity contribution in [1.29, 1.82) is 0 Å². The molecule has 1 aromatic rings. The minimum Gasteiger partial charge on any atom is -0.385 e. The van der Waals surface area contributed by atoms with E-state index in [2.05, 4.69) is 11.6 Å². The molecular formula is C12H11F2N3O. The van der Waals surface area contributed by atoms with Crippen LogP contribution < -0.4 is 5.73 Å². The first kappa shape index (κ1) is 12.2. The summed E-state index contributed by atoms with van der Waals surface area (Å²) in [5.74, 6) is -2.06. The molecule has 18 heavy (non-hydrogen) atoms. The maximum absolute atomic E-state index is 13.7. The Hall–Kier alpha value is -2.24. The lowest BCUT2D eigenvalue weighted by Crippen LogP contribution is -2.34. The second kappa shape index (κ2) is 4.56. The van der Waals surface area contributed by atoms with Crippen LogP contribution in [0.15, 0.2) is 35.8 Å². The fourth-order valence-electron chi connectivity index (χ4n) is 1.89. The average Bonchev–Trinajstić information content (AvgIpc) is 2.59. The monoisotopic (exact) mass is 251 g/mol. The molecule has 2 amide bonds. The third kappa shape index (κ3) is 1.85. The second-order valence-electron chi connectivity index (χ2n) is 3.81. The van der Waals surface area contributed by atoms with Gasteiger partial charge in [-0.25, -0.2) is 13.6 Å². The zero-order valence-electron chi connectivity index (χ0n) is 9.44. The Labute approximate surface area is 102 Å².